The number of hydrogen-bond donors (Lipinski definition) is 1. The van der Waals surface area contributed by atoms with Gasteiger partial charge in [0.1, 0.15) is 5.75 Å². The van der Waals surface area contributed by atoms with Crippen LogP contribution in [0.5, 0.6) is 5.75 Å². The summed E-state index contributed by atoms with van der Waals surface area (Å²) in [5.74, 6) is -0.420. The summed E-state index contributed by atoms with van der Waals surface area (Å²) in [5, 5.41) is 2.99. The van der Waals surface area contributed by atoms with E-state index in [4.69, 9.17) is 16.3 Å². The van der Waals surface area contributed by atoms with Crippen LogP contribution in [0.2, 0.25) is 5.02 Å². The lowest BCUT2D eigenvalue weighted by molar-refractivity contribution is 0.0600. The summed E-state index contributed by atoms with van der Waals surface area (Å²) in [6, 6.07) is 11.6. The minimum atomic E-state index is -0.570. The maximum absolute atomic E-state index is 12.5. The smallest absolute Gasteiger partial charge is 0.339 e. The van der Waals surface area contributed by atoms with Crippen molar-refractivity contribution in [3.8, 4) is 5.75 Å². The lowest BCUT2D eigenvalue weighted by Gasteiger charge is -2.14. The van der Waals surface area contributed by atoms with E-state index >= 15 is 0 Å². The van der Waals surface area contributed by atoms with Gasteiger partial charge in [-0.05, 0) is 44.2 Å². The minimum Gasteiger partial charge on any atom is -0.490 e. The zero-order valence-corrected chi connectivity index (χ0v) is 14.4. The molecule has 0 bridgehead atoms. The molecule has 0 saturated carbocycles. The second-order valence-electron chi connectivity index (χ2n) is 5.30. The maximum Gasteiger partial charge on any atom is 0.339 e. The second kappa shape index (κ2) is 7.84. The molecule has 6 heteroatoms. The molecule has 0 aliphatic heterocycles. The van der Waals surface area contributed by atoms with Crippen LogP contribution in [0.3, 0.4) is 0 Å². The molecule has 2 aromatic carbocycles. The highest BCUT2D eigenvalue weighted by molar-refractivity contribution is 6.33. The zero-order valence-electron chi connectivity index (χ0n) is 13.6. The summed E-state index contributed by atoms with van der Waals surface area (Å²) < 4.78 is 10.3. The number of para-hydroxylation sites is 1. The predicted octanol–water partition coefficient (Wildman–Crippen LogP) is 4.17. The number of methoxy groups -OCH3 is 1. The van der Waals surface area contributed by atoms with Crippen LogP contribution in [0.15, 0.2) is 42.5 Å². The van der Waals surface area contributed by atoms with E-state index in [0.29, 0.717) is 17.0 Å². The molecule has 2 aromatic rings. The Labute approximate surface area is 145 Å². The van der Waals surface area contributed by atoms with Gasteiger partial charge in [-0.2, -0.15) is 0 Å². The van der Waals surface area contributed by atoms with Gasteiger partial charge in [-0.25, -0.2) is 4.79 Å². The van der Waals surface area contributed by atoms with Gasteiger partial charge in [0.15, 0.2) is 0 Å². The van der Waals surface area contributed by atoms with Gasteiger partial charge < -0.3 is 14.8 Å². The first-order chi connectivity index (χ1) is 11.4. The highest BCUT2D eigenvalue weighted by atomic mass is 35.5. The van der Waals surface area contributed by atoms with Crippen LogP contribution in [-0.2, 0) is 4.74 Å². The van der Waals surface area contributed by atoms with Crippen LogP contribution in [0.25, 0.3) is 0 Å². The van der Waals surface area contributed by atoms with Crippen molar-refractivity contribution in [2.75, 3.05) is 12.4 Å². The summed E-state index contributed by atoms with van der Waals surface area (Å²) in [7, 11) is 1.27. The summed E-state index contributed by atoms with van der Waals surface area (Å²) >= 11 is 5.97. The lowest BCUT2D eigenvalue weighted by Crippen LogP contribution is -2.16. The van der Waals surface area contributed by atoms with Gasteiger partial charge in [-0.3, -0.25) is 4.79 Å². The molecule has 0 unspecified atom stereocenters. The van der Waals surface area contributed by atoms with E-state index in [1.54, 1.807) is 30.3 Å². The maximum atomic E-state index is 12.5. The second-order valence-corrected chi connectivity index (χ2v) is 5.71. The third-order valence-electron chi connectivity index (χ3n) is 3.12. The van der Waals surface area contributed by atoms with Crippen LogP contribution in [0.4, 0.5) is 5.69 Å². The highest BCUT2D eigenvalue weighted by Gasteiger charge is 2.16. The first-order valence-corrected chi connectivity index (χ1v) is 7.75. The van der Waals surface area contributed by atoms with Gasteiger partial charge in [-0.15, -0.1) is 0 Å². The Bertz CT molecular complexity index is 758. The van der Waals surface area contributed by atoms with E-state index in [2.05, 4.69) is 10.1 Å². The van der Waals surface area contributed by atoms with Crippen molar-refractivity contribution >= 4 is 29.2 Å². The number of benzene rings is 2. The number of rotatable bonds is 5. The van der Waals surface area contributed by atoms with Gasteiger partial charge in [-0.1, -0.05) is 23.7 Å². The van der Waals surface area contributed by atoms with Gasteiger partial charge in [0.05, 0.1) is 29.4 Å². The number of nitrogens with one attached hydrogen (secondary N) is 1. The summed E-state index contributed by atoms with van der Waals surface area (Å²) in [4.78, 5) is 24.2. The third kappa shape index (κ3) is 4.26. The van der Waals surface area contributed by atoms with Crippen molar-refractivity contribution in [2.24, 2.45) is 0 Å². The first kappa shape index (κ1) is 17.8. The average molecular weight is 348 g/mol. The van der Waals surface area contributed by atoms with Crippen LogP contribution in [0, 0.1) is 0 Å². The molecule has 126 valence electrons. The Hall–Kier alpha value is -2.53. The molecular formula is C18H18ClNO4. The van der Waals surface area contributed by atoms with Crippen LogP contribution in [-0.4, -0.2) is 25.1 Å². The molecule has 0 aliphatic carbocycles. The molecule has 0 atom stereocenters. The number of hydrogen-bond acceptors (Lipinski definition) is 4. The molecule has 0 saturated heterocycles. The number of amides is 1. The van der Waals surface area contributed by atoms with Crippen LogP contribution >= 0.6 is 11.6 Å². The van der Waals surface area contributed by atoms with Crippen molar-refractivity contribution in [3.63, 3.8) is 0 Å². The normalized spacial score (nSPS) is 10.4. The predicted molar refractivity (Wildman–Crippen MR) is 93.0 cm³/mol. The molecule has 0 fully saturated rings. The number of esters is 1. The molecule has 1 amide bonds. The fraction of sp³-hybridized carbons (Fsp3) is 0.222. The molecule has 0 aromatic heterocycles. The fourth-order valence-electron chi connectivity index (χ4n) is 2.08. The Morgan fingerprint density at radius 2 is 1.79 bits per heavy atom. The minimum absolute atomic E-state index is 0.0552. The SMILES string of the molecule is COC(=O)c1cc(NC(=O)c2ccccc2OC(C)C)ccc1Cl. The van der Waals surface area contributed by atoms with Crippen LogP contribution in [0.1, 0.15) is 34.6 Å². The number of ether oxygens (including phenoxy) is 2. The molecular weight excluding hydrogens is 330 g/mol. The van der Waals surface area contributed by atoms with E-state index in [1.165, 1.54) is 19.2 Å². The van der Waals surface area contributed by atoms with Gasteiger partial charge in [0.2, 0.25) is 0 Å². The molecule has 0 spiro atoms. The standard InChI is InChI=1S/C18H18ClNO4/c1-11(2)24-16-7-5-4-6-13(16)17(21)20-12-8-9-15(19)14(10-12)18(22)23-3/h4-11H,1-3H3,(H,20,21). The average Bonchev–Trinajstić information content (AvgIpc) is 2.55. The van der Waals surface area contributed by atoms with E-state index in [-0.39, 0.29) is 22.6 Å². The number of halogens is 1. The van der Waals surface area contributed by atoms with Crippen molar-refractivity contribution in [1.82, 2.24) is 0 Å². The van der Waals surface area contributed by atoms with E-state index < -0.39 is 5.97 Å². The van der Waals surface area contributed by atoms with Crippen molar-refractivity contribution in [2.45, 2.75) is 20.0 Å². The van der Waals surface area contributed by atoms with Gasteiger partial charge in [0, 0.05) is 5.69 Å². The zero-order chi connectivity index (χ0) is 17.7. The molecule has 5 nitrogen and oxygen atoms in total. The molecule has 24 heavy (non-hydrogen) atoms. The Morgan fingerprint density at radius 1 is 1.08 bits per heavy atom. The monoisotopic (exact) mass is 347 g/mol. The topological polar surface area (TPSA) is 64.6 Å². The molecule has 0 aliphatic rings. The third-order valence-corrected chi connectivity index (χ3v) is 3.45. The summed E-state index contributed by atoms with van der Waals surface area (Å²) in [6.07, 6.45) is -0.0552. The first-order valence-electron chi connectivity index (χ1n) is 7.37. The van der Waals surface area contributed by atoms with Crippen molar-refractivity contribution in [1.29, 1.82) is 0 Å². The Balaban J connectivity index is 2.26. The quantitative estimate of drug-likeness (QED) is 0.824. The largest absolute Gasteiger partial charge is 0.490 e. The number of carbonyl (C=O) groups is 2. The van der Waals surface area contributed by atoms with Crippen molar-refractivity contribution < 1.29 is 19.1 Å². The van der Waals surface area contributed by atoms with Crippen molar-refractivity contribution in [3.05, 3.63) is 58.6 Å². The van der Waals surface area contributed by atoms with E-state index in [1.807, 2.05) is 13.8 Å². The summed E-state index contributed by atoms with van der Waals surface area (Å²) in [5.41, 5.74) is 1.02. The molecule has 0 heterocycles. The Morgan fingerprint density at radius 3 is 2.46 bits per heavy atom. The fourth-order valence-corrected chi connectivity index (χ4v) is 2.27. The Kier molecular flexibility index (Phi) is 5.82. The molecule has 1 N–H and O–H groups in total. The van der Waals surface area contributed by atoms with Crippen LogP contribution < -0.4 is 10.1 Å². The van der Waals surface area contributed by atoms with Gasteiger partial charge in [0.25, 0.3) is 5.91 Å². The lowest BCUT2D eigenvalue weighted by atomic mass is 10.1. The number of anilines is 1. The van der Waals surface area contributed by atoms with Gasteiger partial charge >= 0.3 is 5.97 Å². The number of carbonyl (C=O) groups excluding carboxylic acids is 2. The van der Waals surface area contributed by atoms with E-state index in [9.17, 15) is 9.59 Å². The highest BCUT2D eigenvalue weighted by Crippen LogP contribution is 2.24. The van der Waals surface area contributed by atoms with E-state index in [0.717, 1.165) is 0 Å². The molecule has 0 radical (unpaired) electrons. The summed E-state index contributed by atoms with van der Waals surface area (Å²) in [6.45, 7) is 3.77. The molecule has 2 rings (SSSR count).